The van der Waals surface area contributed by atoms with Gasteiger partial charge in [0.25, 0.3) is 5.91 Å². The summed E-state index contributed by atoms with van der Waals surface area (Å²) in [7, 11) is -1.20. The normalized spacial score (nSPS) is 12.1. The Kier molecular flexibility index (Phi) is 8.14. The van der Waals surface area contributed by atoms with Crippen LogP contribution in [0.2, 0.25) is 0 Å². The molecular formula is C25H26FN3O4S. The second kappa shape index (κ2) is 11.0. The lowest BCUT2D eigenvalue weighted by Gasteiger charge is -2.25. The Bertz CT molecular complexity index is 1250. The fraction of sp³-hybridized carbons (Fsp3) is 0.200. The van der Waals surface area contributed by atoms with Gasteiger partial charge >= 0.3 is 0 Å². The van der Waals surface area contributed by atoms with E-state index in [4.69, 9.17) is 0 Å². The van der Waals surface area contributed by atoms with E-state index in [1.165, 1.54) is 24.1 Å². The van der Waals surface area contributed by atoms with Crippen molar-refractivity contribution < 1.29 is 22.4 Å². The number of sulfonamides is 1. The first-order chi connectivity index (χ1) is 16.2. The highest BCUT2D eigenvalue weighted by Gasteiger charge is 2.29. The molecule has 178 valence electrons. The summed E-state index contributed by atoms with van der Waals surface area (Å²) in [6.45, 7) is 0.194. The summed E-state index contributed by atoms with van der Waals surface area (Å²) in [5.74, 6) is -1.59. The number of hydrogen-bond acceptors (Lipinski definition) is 4. The van der Waals surface area contributed by atoms with Crippen LogP contribution in [0, 0.1) is 5.82 Å². The van der Waals surface area contributed by atoms with Crippen LogP contribution in [0.15, 0.2) is 83.8 Å². The maximum absolute atomic E-state index is 14.2. The number of hydrogen-bond donors (Lipinski definition) is 2. The van der Waals surface area contributed by atoms with Crippen LogP contribution < -0.4 is 10.0 Å². The number of halogens is 1. The van der Waals surface area contributed by atoms with Crippen molar-refractivity contribution in [1.82, 2.24) is 14.9 Å². The standard InChI is InChI=1S/C25H26FN3O4S/c1-27-24(30)20-14-12-19(13-15-20)17-29(2)25(31)22(16-18-8-4-3-5-9-18)28-34(32,33)23-11-7-6-10-21(23)26/h3-15,22,28H,16-17H2,1-2H3,(H,27,30)/t22-/m0/s1. The molecule has 0 aliphatic heterocycles. The first-order valence-electron chi connectivity index (χ1n) is 10.6. The lowest BCUT2D eigenvalue weighted by molar-refractivity contribution is -0.132. The first kappa shape index (κ1) is 25.1. The van der Waals surface area contributed by atoms with E-state index in [1.807, 2.05) is 6.07 Å². The van der Waals surface area contributed by atoms with Crippen molar-refractivity contribution >= 4 is 21.8 Å². The Morgan fingerprint density at radius 2 is 1.53 bits per heavy atom. The molecular weight excluding hydrogens is 457 g/mol. The Morgan fingerprint density at radius 3 is 2.15 bits per heavy atom. The van der Waals surface area contributed by atoms with E-state index in [0.29, 0.717) is 5.56 Å². The van der Waals surface area contributed by atoms with Crippen LogP contribution in [0.4, 0.5) is 4.39 Å². The third kappa shape index (κ3) is 6.27. The Labute approximate surface area is 198 Å². The van der Waals surface area contributed by atoms with Crippen molar-refractivity contribution in [2.24, 2.45) is 0 Å². The quantitative estimate of drug-likeness (QED) is 0.489. The van der Waals surface area contributed by atoms with Crippen LogP contribution in [-0.4, -0.2) is 45.3 Å². The number of nitrogens with one attached hydrogen (secondary N) is 2. The van der Waals surface area contributed by atoms with Gasteiger partial charge < -0.3 is 10.2 Å². The van der Waals surface area contributed by atoms with Gasteiger partial charge in [-0.2, -0.15) is 4.72 Å². The molecule has 0 saturated carbocycles. The van der Waals surface area contributed by atoms with Crippen LogP contribution in [-0.2, 0) is 27.8 Å². The summed E-state index contributed by atoms with van der Waals surface area (Å²) in [5.41, 5.74) is 2.00. The second-order valence-corrected chi connectivity index (χ2v) is 9.45. The van der Waals surface area contributed by atoms with Gasteiger partial charge in [0.05, 0.1) is 0 Å². The number of benzene rings is 3. The molecule has 0 aliphatic carbocycles. The first-order valence-corrected chi connectivity index (χ1v) is 12.1. The second-order valence-electron chi connectivity index (χ2n) is 7.76. The van der Waals surface area contributed by atoms with Gasteiger partial charge in [-0.05, 0) is 41.8 Å². The van der Waals surface area contributed by atoms with E-state index in [0.717, 1.165) is 23.3 Å². The number of carbonyl (C=O) groups excluding carboxylic acids is 2. The average Bonchev–Trinajstić information content (AvgIpc) is 2.83. The number of likely N-dealkylation sites (N-methyl/N-ethyl adjacent to an activating group) is 1. The molecule has 2 N–H and O–H groups in total. The fourth-order valence-electron chi connectivity index (χ4n) is 3.47. The van der Waals surface area contributed by atoms with Crippen LogP contribution in [0.3, 0.4) is 0 Å². The molecule has 0 spiro atoms. The smallest absolute Gasteiger partial charge is 0.251 e. The van der Waals surface area contributed by atoms with Crippen molar-refractivity contribution in [3.05, 3.63) is 101 Å². The molecule has 0 aromatic heterocycles. The van der Waals surface area contributed by atoms with Crippen LogP contribution >= 0.6 is 0 Å². The molecule has 0 fully saturated rings. The minimum absolute atomic E-state index is 0.0906. The van der Waals surface area contributed by atoms with Crippen molar-refractivity contribution in [2.45, 2.75) is 23.9 Å². The largest absolute Gasteiger partial charge is 0.355 e. The topological polar surface area (TPSA) is 95.6 Å². The summed E-state index contributed by atoms with van der Waals surface area (Å²) in [5, 5.41) is 2.54. The van der Waals surface area contributed by atoms with Gasteiger partial charge in [0.1, 0.15) is 16.8 Å². The highest BCUT2D eigenvalue weighted by molar-refractivity contribution is 7.89. The Morgan fingerprint density at radius 1 is 0.912 bits per heavy atom. The molecule has 2 amide bonds. The van der Waals surface area contributed by atoms with Gasteiger partial charge in [0.2, 0.25) is 15.9 Å². The van der Waals surface area contributed by atoms with Gasteiger partial charge in [-0.1, -0.05) is 54.6 Å². The van der Waals surface area contributed by atoms with Crippen LogP contribution in [0.1, 0.15) is 21.5 Å². The third-order valence-electron chi connectivity index (χ3n) is 5.24. The maximum atomic E-state index is 14.2. The average molecular weight is 484 g/mol. The van der Waals surface area contributed by atoms with Gasteiger partial charge in [-0.25, -0.2) is 12.8 Å². The van der Waals surface area contributed by atoms with Gasteiger partial charge in [0.15, 0.2) is 0 Å². The lowest BCUT2D eigenvalue weighted by atomic mass is 10.1. The minimum atomic E-state index is -4.30. The van der Waals surface area contributed by atoms with Gasteiger partial charge in [-0.15, -0.1) is 0 Å². The zero-order valence-electron chi connectivity index (χ0n) is 18.9. The maximum Gasteiger partial charge on any atom is 0.251 e. The SMILES string of the molecule is CNC(=O)c1ccc(CN(C)C(=O)[C@H](Cc2ccccc2)NS(=O)(=O)c2ccccc2F)cc1. The van der Waals surface area contributed by atoms with Gasteiger partial charge in [-0.3, -0.25) is 9.59 Å². The minimum Gasteiger partial charge on any atom is -0.355 e. The van der Waals surface area contributed by atoms with Crippen LogP contribution in [0.25, 0.3) is 0 Å². The number of carbonyl (C=O) groups is 2. The molecule has 9 heteroatoms. The molecule has 3 aromatic carbocycles. The predicted octanol–water partition coefficient (Wildman–Crippen LogP) is 2.73. The predicted molar refractivity (Wildman–Crippen MR) is 127 cm³/mol. The molecule has 7 nitrogen and oxygen atoms in total. The number of amides is 2. The van der Waals surface area contributed by atoms with E-state index in [1.54, 1.807) is 55.6 Å². The number of nitrogens with zero attached hydrogens (tertiary/aromatic N) is 1. The van der Waals surface area contributed by atoms with Crippen molar-refractivity contribution in [3.8, 4) is 0 Å². The zero-order chi connectivity index (χ0) is 24.7. The summed E-state index contributed by atoms with van der Waals surface area (Å²) in [6, 6.07) is 19.6. The Hall–Kier alpha value is -3.56. The zero-order valence-corrected chi connectivity index (χ0v) is 19.7. The van der Waals surface area contributed by atoms with E-state index >= 15 is 0 Å². The summed E-state index contributed by atoms with van der Waals surface area (Å²) in [4.78, 5) is 25.9. The van der Waals surface area contributed by atoms with E-state index in [2.05, 4.69) is 10.0 Å². The summed E-state index contributed by atoms with van der Waals surface area (Å²) < 4.78 is 42.4. The molecule has 1 atom stereocenters. The van der Waals surface area contributed by atoms with Crippen molar-refractivity contribution in [1.29, 1.82) is 0 Å². The highest BCUT2D eigenvalue weighted by Crippen LogP contribution is 2.16. The summed E-state index contributed by atoms with van der Waals surface area (Å²) in [6.07, 6.45) is 0.0906. The molecule has 0 heterocycles. The van der Waals surface area contributed by atoms with Crippen molar-refractivity contribution in [3.63, 3.8) is 0 Å². The molecule has 0 unspecified atom stereocenters. The molecule has 0 aliphatic rings. The third-order valence-corrected chi connectivity index (χ3v) is 6.75. The van der Waals surface area contributed by atoms with E-state index < -0.39 is 32.7 Å². The molecule has 3 aromatic rings. The van der Waals surface area contributed by atoms with E-state index in [-0.39, 0.29) is 18.9 Å². The lowest BCUT2D eigenvalue weighted by Crippen LogP contribution is -2.48. The fourth-order valence-corrected chi connectivity index (χ4v) is 4.73. The molecule has 0 radical (unpaired) electrons. The molecule has 3 rings (SSSR count). The van der Waals surface area contributed by atoms with E-state index in [9.17, 15) is 22.4 Å². The molecule has 34 heavy (non-hydrogen) atoms. The van der Waals surface area contributed by atoms with Crippen LogP contribution in [0.5, 0.6) is 0 Å². The van der Waals surface area contributed by atoms with Gasteiger partial charge in [0, 0.05) is 26.2 Å². The van der Waals surface area contributed by atoms with Crippen molar-refractivity contribution in [2.75, 3.05) is 14.1 Å². The Balaban J connectivity index is 1.82. The summed E-state index contributed by atoms with van der Waals surface area (Å²) >= 11 is 0. The highest BCUT2D eigenvalue weighted by atomic mass is 32.2. The molecule has 0 saturated heterocycles. The molecule has 0 bridgehead atoms. The number of rotatable bonds is 9. The monoisotopic (exact) mass is 483 g/mol.